The maximum atomic E-state index is 11.9. The van der Waals surface area contributed by atoms with Crippen molar-refractivity contribution in [2.24, 2.45) is 11.7 Å². The van der Waals surface area contributed by atoms with Gasteiger partial charge in [0.25, 0.3) is 0 Å². The van der Waals surface area contributed by atoms with Gasteiger partial charge in [-0.15, -0.1) is 24.8 Å². The molecular formula is C17H27Cl2N3O. The molecule has 2 heterocycles. The van der Waals surface area contributed by atoms with Crippen molar-refractivity contribution in [2.45, 2.75) is 38.8 Å². The van der Waals surface area contributed by atoms with Crippen molar-refractivity contribution >= 4 is 36.4 Å². The molecular weight excluding hydrogens is 333 g/mol. The van der Waals surface area contributed by atoms with Gasteiger partial charge >= 0.3 is 0 Å². The van der Waals surface area contributed by atoms with Crippen LogP contribution in [0.25, 0.3) is 0 Å². The summed E-state index contributed by atoms with van der Waals surface area (Å²) in [5, 5.41) is 0. The van der Waals surface area contributed by atoms with E-state index in [-0.39, 0.29) is 36.8 Å². The number of hydrogen-bond acceptors (Lipinski definition) is 3. The smallest absolute Gasteiger partial charge is 0.228 e. The van der Waals surface area contributed by atoms with Crippen LogP contribution >= 0.6 is 24.8 Å². The van der Waals surface area contributed by atoms with Crippen LogP contribution in [-0.4, -0.2) is 36.5 Å². The molecule has 3 rings (SSSR count). The first-order valence-electron chi connectivity index (χ1n) is 7.99. The predicted molar refractivity (Wildman–Crippen MR) is 99.6 cm³/mol. The highest BCUT2D eigenvalue weighted by Gasteiger charge is 2.27. The zero-order valence-electron chi connectivity index (χ0n) is 13.6. The molecule has 2 N–H and O–H groups in total. The molecule has 1 atom stereocenters. The van der Waals surface area contributed by atoms with Gasteiger partial charge < -0.3 is 10.6 Å². The Morgan fingerprint density at radius 3 is 2.26 bits per heavy atom. The number of amides is 1. The molecule has 0 aliphatic carbocycles. The molecule has 2 aliphatic rings. The number of carbonyl (C=O) groups is 1. The standard InChI is InChI=1S/C17H25N3O.2ClH/c1-13-6-8-19(9-7-13)11-14-2-4-16(5-3-14)20-12-15(18)10-17(20)21;;/h2-5,13,15H,6-12,18H2,1H3;2*1H. The molecule has 0 aromatic heterocycles. The SMILES string of the molecule is CC1CCN(Cc2ccc(N3CC(N)CC3=O)cc2)CC1.Cl.Cl. The summed E-state index contributed by atoms with van der Waals surface area (Å²) in [4.78, 5) is 16.2. The predicted octanol–water partition coefficient (Wildman–Crippen LogP) is 2.83. The van der Waals surface area contributed by atoms with Gasteiger partial charge in [-0.1, -0.05) is 19.1 Å². The molecule has 2 aliphatic heterocycles. The first kappa shape index (κ1) is 20.2. The quantitative estimate of drug-likeness (QED) is 0.902. The van der Waals surface area contributed by atoms with Crippen LogP contribution in [0.5, 0.6) is 0 Å². The second kappa shape index (κ2) is 8.88. The molecule has 1 aromatic rings. The highest BCUT2D eigenvalue weighted by Crippen LogP contribution is 2.23. The van der Waals surface area contributed by atoms with Gasteiger partial charge in [-0.2, -0.15) is 0 Å². The molecule has 130 valence electrons. The maximum Gasteiger partial charge on any atom is 0.228 e. The number of nitrogens with two attached hydrogens (primary N) is 1. The summed E-state index contributed by atoms with van der Waals surface area (Å²) in [6, 6.07) is 8.37. The first-order valence-corrected chi connectivity index (χ1v) is 7.99. The Morgan fingerprint density at radius 1 is 1.13 bits per heavy atom. The lowest BCUT2D eigenvalue weighted by molar-refractivity contribution is -0.117. The minimum atomic E-state index is -0.0208. The van der Waals surface area contributed by atoms with Crippen LogP contribution in [0.1, 0.15) is 31.7 Å². The number of carbonyl (C=O) groups excluding carboxylic acids is 1. The number of halogens is 2. The van der Waals surface area contributed by atoms with Gasteiger partial charge in [-0.05, 0) is 49.5 Å². The van der Waals surface area contributed by atoms with Crippen LogP contribution in [0, 0.1) is 5.92 Å². The van der Waals surface area contributed by atoms with Gasteiger partial charge in [-0.3, -0.25) is 9.69 Å². The third-order valence-corrected chi connectivity index (χ3v) is 4.69. The van der Waals surface area contributed by atoms with Crippen molar-refractivity contribution in [3.8, 4) is 0 Å². The number of piperidine rings is 1. The summed E-state index contributed by atoms with van der Waals surface area (Å²) in [6.45, 7) is 6.39. The van der Waals surface area contributed by atoms with Crippen LogP contribution < -0.4 is 10.6 Å². The lowest BCUT2D eigenvalue weighted by Crippen LogP contribution is -2.32. The van der Waals surface area contributed by atoms with E-state index >= 15 is 0 Å². The summed E-state index contributed by atoms with van der Waals surface area (Å²) >= 11 is 0. The number of likely N-dealkylation sites (tertiary alicyclic amines) is 1. The molecule has 0 radical (unpaired) electrons. The fraction of sp³-hybridized carbons (Fsp3) is 0.588. The second-order valence-corrected chi connectivity index (χ2v) is 6.59. The summed E-state index contributed by atoms with van der Waals surface area (Å²) in [5.41, 5.74) is 8.15. The van der Waals surface area contributed by atoms with E-state index in [2.05, 4.69) is 36.1 Å². The van der Waals surface area contributed by atoms with Crippen molar-refractivity contribution in [3.63, 3.8) is 0 Å². The van der Waals surface area contributed by atoms with Crippen molar-refractivity contribution in [2.75, 3.05) is 24.5 Å². The Hall–Kier alpha value is -0.810. The highest BCUT2D eigenvalue weighted by atomic mass is 35.5. The maximum absolute atomic E-state index is 11.9. The highest BCUT2D eigenvalue weighted by molar-refractivity contribution is 5.96. The van der Waals surface area contributed by atoms with Crippen LogP contribution in [0.15, 0.2) is 24.3 Å². The molecule has 2 fully saturated rings. The summed E-state index contributed by atoms with van der Waals surface area (Å²) < 4.78 is 0. The Morgan fingerprint density at radius 2 is 1.74 bits per heavy atom. The van der Waals surface area contributed by atoms with Crippen LogP contribution in [0.2, 0.25) is 0 Å². The molecule has 1 amide bonds. The normalized spacial score (nSPS) is 22.6. The number of nitrogens with zero attached hydrogens (tertiary/aromatic N) is 2. The monoisotopic (exact) mass is 359 g/mol. The number of anilines is 1. The Labute approximate surface area is 151 Å². The summed E-state index contributed by atoms with van der Waals surface area (Å²) in [6.07, 6.45) is 3.07. The van der Waals surface area contributed by atoms with Crippen molar-refractivity contribution < 1.29 is 4.79 Å². The van der Waals surface area contributed by atoms with Gasteiger partial charge in [0.2, 0.25) is 5.91 Å². The van der Waals surface area contributed by atoms with Crippen molar-refractivity contribution in [1.29, 1.82) is 0 Å². The van der Waals surface area contributed by atoms with E-state index in [9.17, 15) is 4.79 Å². The minimum absolute atomic E-state index is 0. The van der Waals surface area contributed by atoms with Crippen LogP contribution in [0.3, 0.4) is 0 Å². The van der Waals surface area contributed by atoms with E-state index in [1.165, 1.54) is 31.5 Å². The van der Waals surface area contributed by atoms with Crippen LogP contribution in [0.4, 0.5) is 5.69 Å². The lowest BCUT2D eigenvalue weighted by Gasteiger charge is -2.30. The molecule has 1 aromatic carbocycles. The zero-order chi connectivity index (χ0) is 14.8. The van der Waals surface area contributed by atoms with E-state index in [0.29, 0.717) is 13.0 Å². The van der Waals surface area contributed by atoms with Gasteiger partial charge in [0.05, 0.1) is 0 Å². The Bertz CT molecular complexity index is 501. The van der Waals surface area contributed by atoms with E-state index in [4.69, 9.17) is 5.73 Å². The number of rotatable bonds is 3. The van der Waals surface area contributed by atoms with Gasteiger partial charge in [-0.25, -0.2) is 0 Å². The van der Waals surface area contributed by atoms with Gasteiger partial charge in [0.15, 0.2) is 0 Å². The lowest BCUT2D eigenvalue weighted by atomic mass is 9.99. The molecule has 4 nitrogen and oxygen atoms in total. The zero-order valence-corrected chi connectivity index (χ0v) is 15.2. The molecule has 6 heteroatoms. The molecule has 0 bridgehead atoms. The third kappa shape index (κ3) is 5.08. The van der Waals surface area contributed by atoms with E-state index in [0.717, 1.165) is 18.2 Å². The van der Waals surface area contributed by atoms with Gasteiger partial charge in [0, 0.05) is 31.2 Å². The van der Waals surface area contributed by atoms with Crippen molar-refractivity contribution in [1.82, 2.24) is 4.90 Å². The molecule has 23 heavy (non-hydrogen) atoms. The van der Waals surface area contributed by atoms with Crippen molar-refractivity contribution in [3.05, 3.63) is 29.8 Å². The molecule has 0 spiro atoms. The first-order chi connectivity index (χ1) is 10.1. The average Bonchev–Trinajstić information content (AvgIpc) is 2.81. The third-order valence-electron chi connectivity index (χ3n) is 4.69. The van der Waals surface area contributed by atoms with Crippen LogP contribution in [-0.2, 0) is 11.3 Å². The van der Waals surface area contributed by atoms with E-state index in [1.807, 2.05) is 0 Å². The fourth-order valence-electron chi connectivity index (χ4n) is 3.24. The summed E-state index contributed by atoms with van der Waals surface area (Å²) in [7, 11) is 0. The second-order valence-electron chi connectivity index (χ2n) is 6.59. The Balaban J connectivity index is 0.00000132. The Kier molecular flexibility index (Phi) is 7.81. The number of benzene rings is 1. The fourth-order valence-corrected chi connectivity index (χ4v) is 3.24. The summed E-state index contributed by atoms with van der Waals surface area (Å²) in [5.74, 6) is 1.01. The van der Waals surface area contributed by atoms with E-state index in [1.54, 1.807) is 4.90 Å². The average molecular weight is 360 g/mol. The minimum Gasteiger partial charge on any atom is -0.326 e. The molecule has 0 saturated carbocycles. The van der Waals surface area contributed by atoms with Gasteiger partial charge in [0.1, 0.15) is 0 Å². The largest absolute Gasteiger partial charge is 0.326 e. The molecule has 2 saturated heterocycles. The molecule has 1 unspecified atom stereocenters. The topological polar surface area (TPSA) is 49.6 Å². The number of hydrogen-bond donors (Lipinski definition) is 1. The van der Waals surface area contributed by atoms with E-state index < -0.39 is 0 Å².